The van der Waals surface area contributed by atoms with E-state index in [9.17, 15) is 19.5 Å². The Morgan fingerprint density at radius 3 is 2.59 bits per heavy atom. The Bertz CT molecular complexity index is 1590. The summed E-state index contributed by atoms with van der Waals surface area (Å²) in [6.07, 6.45) is -0.0377. The first kappa shape index (κ1) is 22.9. The fraction of sp³-hybridized carbons (Fsp3) is 0.185. The molecule has 3 aromatic carbocycles. The Hall–Kier alpha value is -4.54. The molecular weight excluding hydrogens is 474 g/mol. The number of carboxylic acids is 1. The Kier molecular flexibility index (Phi) is 5.67. The van der Waals surface area contributed by atoms with Crippen LogP contribution in [0.1, 0.15) is 39.9 Å². The van der Waals surface area contributed by atoms with Gasteiger partial charge in [-0.25, -0.2) is 15.8 Å². The predicted molar refractivity (Wildman–Crippen MR) is 134 cm³/mol. The Morgan fingerprint density at radius 1 is 1.05 bits per heavy atom. The second kappa shape index (κ2) is 9.16. The normalized spacial score (nSPS) is 14.7. The highest BCUT2D eigenvalue weighted by atomic mass is 16.5. The molecule has 1 fully saturated rings. The molecule has 2 aliphatic heterocycles. The second-order valence-corrected chi connectivity index (χ2v) is 8.99. The minimum atomic E-state index is -1.02. The third-order valence-corrected chi connectivity index (χ3v) is 6.51. The van der Waals surface area contributed by atoms with Crippen molar-refractivity contribution in [3.63, 3.8) is 0 Å². The first-order chi connectivity index (χ1) is 18.0. The number of aliphatic carboxylic acids is 1. The quantitative estimate of drug-likeness (QED) is 0.330. The molecule has 0 aliphatic carbocycles. The molecule has 2 aliphatic rings. The van der Waals surface area contributed by atoms with Crippen molar-refractivity contribution in [1.29, 1.82) is 0 Å². The molecule has 37 heavy (non-hydrogen) atoms. The van der Waals surface area contributed by atoms with Gasteiger partial charge in [-0.3, -0.25) is 19.0 Å². The Morgan fingerprint density at radius 2 is 1.84 bits per heavy atom. The number of ether oxygens (including phenoxy) is 1. The summed E-state index contributed by atoms with van der Waals surface area (Å²) in [7, 11) is 0. The molecule has 1 aromatic heterocycles. The molecule has 0 bridgehead atoms. The fourth-order valence-electron chi connectivity index (χ4n) is 4.51. The minimum Gasteiger partial charge on any atom is -0.489 e. The van der Waals surface area contributed by atoms with Crippen molar-refractivity contribution in [2.45, 2.75) is 25.7 Å². The number of aromatic nitrogens is 2. The molecule has 1 saturated heterocycles. The number of hydrazine groups is 1. The van der Waals surface area contributed by atoms with E-state index in [2.05, 4.69) is 15.8 Å². The number of amides is 1. The standard InChI is InChI=1S/C27H23N5O5/c33-24(34)11-12-31-14-23-28-21-4-2-1-3-19(21)27(36)32(23)22-10-9-18(13-20(22)26(31)35)37-15-16-5-7-17(8-6-16)25-29-30-25/h1-10,13,25,29-30H,11-12,14-15H2,(H,33,34). The molecule has 10 nitrogen and oxygen atoms in total. The maximum absolute atomic E-state index is 13.6. The third kappa shape index (κ3) is 4.44. The van der Waals surface area contributed by atoms with Gasteiger partial charge in [-0.15, -0.1) is 0 Å². The molecule has 6 rings (SSSR count). The lowest BCUT2D eigenvalue weighted by Gasteiger charge is -2.19. The summed E-state index contributed by atoms with van der Waals surface area (Å²) < 4.78 is 7.43. The number of fused-ring (bicyclic) bond motifs is 4. The van der Waals surface area contributed by atoms with Crippen molar-refractivity contribution in [2.24, 2.45) is 0 Å². The van der Waals surface area contributed by atoms with E-state index >= 15 is 0 Å². The number of hydrogen-bond donors (Lipinski definition) is 3. The van der Waals surface area contributed by atoms with Gasteiger partial charge in [0.05, 0.1) is 35.1 Å². The van der Waals surface area contributed by atoms with Gasteiger partial charge in [0.1, 0.15) is 24.3 Å². The lowest BCUT2D eigenvalue weighted by Crippen LogP contribution is -2.32. The highest BCUT2D eigenvalue weighted by molar-refractivity contribution is 5.99. The number of carbonyl (C=O) groups excluding carboxylic acids is 1. The van der Waals surface area contributed by atoms with Gasteiger partial charge >= 0.3 is 5.97 Å². The Labute approximate surface area is 211 Å². The highest BCUT2D eigenvalue weighted by Gasteiger charge is 2.29. The highest BCUT2D eigenvalue weighted by Crippen LogP contribution is 2.28. The third-order valence-electron chi connectivity index (χ3n) is 6.51. The zero-order valence-corrected chi connectivity index (χ0v) is 19.7. The number of nitrogens with zero attached hydrogens (tertiary/aromatic N) is 3. The van der Waals surface area contributed by atoms with Crippen LogP contribution < -0.4 is 21.1 Å². The van der Waals surface area contributed by atoms with E-state index < -0.39 is 5.97 Å². The molecule has 3 N–H and O–H groups in total. The molecule has 0 atom stereocenters. The van der Waals surface area contributed by atoms with Crippen LogP contribution in [0.25, 0.3) is 16.6 Å². The zero-order valence-electron chi connectivity index (χ0n) is 19.7. The minimum absolute atomic E-state index is 0.00805. The van der Waals surface area contributed by atoms with E-state index in [4.69, 9.17) is 4.74 Å². The SMILES string of the molecule is O=C(O)CCN1Cc2nc3ccccc3c(=O)n2-c2ccc(OCc3ccc(C4NN4)cc3)cc2C1=O. The van der Waals surface area contributed by atoms with Crippen LogP contribution in [0.3, 0.4) is 0 Å². The van der Waals surface area contributed by atoms with Crippen molar-refractivity contribution in [3.05, 3.63) is 99.6 Å². The average Bonchev–Trinajstić information content (AvgIpc) is 3.76. The van der Waals surface area contributed by atoms with Crippen LogP contribution in [0.4, 0.5) is 0 Å². The van der Waals surface area contributed by atoms with E-state index in [1.165, 1.54) is 9.47 Å². The first-order valence-corrected chi connectivity index (χ1v) is 11.9. The molecule has 0 spiro atoms. The van der Waals surface area contributed by atoms with Crippen molar-refractivity contribution < 1.29 is 19.4 Å². The van der Waals surface area contributed by atoms with Crippen molar-refractivity contribution >= 4 is 22.8 Å². The topological polar surface area (TPSA) is 146 Å². The number of hydrogen-bond acceptors (Lipinski definition) is 7. The average molecular weight is 498 g/mol. The maximum atomic E-state index is 13.6. The summed E-state index contributed by atoms with van der Waals surface area (Å²) in [6, 6.07) is 20.0. The maximum Gasteiger partial charge on any atom is 0.305 e. The van der Waals surface area contributed by atoms with E-state index in [-0.39, 0.29) is 42.7 Å². The molecule has 0 radical (unpaired) electrons. The smallest absolute Gasteiger partial charge is 0.305 e. The summed E-state index contributed by atoms with van der Waals surface area (Å²) in [4.78, 5) is 44.4. The van der Waals surface area contributed by atoms with Crippen molar-refractivity contribution in [1.82, 2.24) is 25.3 Å². The van der Waals surface area contributed by atoms with Gasteiger partial charge < -0.3 is 14.7 Å². The van der Waals surface area contributed by atoms with E-state index in [0.717, 1.165) is 11.1 Å². The molecule has 3 heterocycles. The zero-order chi connectivity index (χ0) is 25.5. The summed E-state index contributed by atoms with van der Waals surface area (Å²) in [5, 5.41) is 9.65. The summed E-state index contributed by atoms with van der Waals surface area (Å²) in [5.74, 6) is -0.568. The number of para-hydroxylation sites is 1. The first-order valence-electron chi connectivity index (χ1n) is 11.9. The monoisotopic (exact) mass is 497 g/mol. The molecule has 0 saturated carbocycles. The summed E-state index contributed by atoms with van der Waals surface area (Å²) >= 11 is 0. The van der Waals surface area contributed by atoms with Gasteiger partial charge in [0.15, 0.2) is 0 Å². The number of carbonyl (C=O) groups is 2. The molecule has 10 heteroatoms. The summed E-state index contributed by atoms with van der Waals surface area (Å²) in [5.41, 5.74) is 9.02. The van der Waals surface area contributed by atoms with Crippen LogP contribution in [0, 0.1) is 0 Å². The number of benzene rings is 3. The second-order valence-electron chi connectivity index (χ2n) is 8.99. The van der Waals surface area contributed by atoms with E-state index in [1.54, 1.807) is 42.5 Å². The van der Waals surface area contributed by atoms with Crippen LogP contribution in [0.15, 0.2) is 71.5 Å². The lowest BCUT2D eigenvalue weighted by molar-refractivity contribution is -0.137. The fourth-order valence-corrected chi connectivity index (χ4v) is 4.51. The van der Waals surface area contributed by atoms with Crippen LogP contribution in [-0.4, -0.2) is 38.0 Å². The Balaban J connectivity index is 1.37. The lowest BCUT2D eigenvalue weighted by atomic mass is 10.1. The molecular formula is C27H23N5O5. The van der Waals surface area contributed by atoms with Crippen LogP contribution in [0.2, 0.25) is 0 Å². The van der Waals surface area contributed by atoms with Crippen molar-refractivity contribution in [2.75, 3.05) is 6.54 Å². The van der Waals surface area contributed by atoms with Crippen LogP contribution in [-0.2, 0) is 17.9 Å². The number of rotatable bonds is 7. The van der Waals surface area contributed by atoms with Gasteiger partial charge in [0, 0.05) is 6.54 Å². The summed E-state index contributed by atoms with van der Waals surface area (Å²) in [6.45, 7) is 0.288. The van der Waals surface area contributed by atoms with Gasteiger partial charge in [0.25, 0.3) is 11.5 Å². The molecule has 186 valence electrons. The number of nitrogens with one attached hydrogen (secondary N) is 2. The molecule has 1 amide bonds. The van der Waals surface area contributed by atoms with Gasteiger partial charge in [-0.05, 0) is 41.5 Å². The van der Waals surface area contributed by atoms with Gasteiger partial charge in [0.2, 0.25) is 0 Å². The predicted octanol–water partition coefficient (Wildman–Crippen LogP) is 2.50. The molecule has 0 unspecified atom stereocenters. The van der Waals surface area contributed by atoms with E-state index in [0.29, 0.717) is 34.8 Å². The largest absolute Gasteiger partial charge is 0.489 e. The molecule has 4 aromatic rings. The number of carboxylic acid groups (broad SMARTS) is 1. The van der Waals surface area contributed by atoms with E-state index in [1.807, 2.05) is 24.3 Å². The van der Waals surface area contributed by atoms with Gasteiger partial charge in [-0.2, -0.15) is 0 Å². The van der Waals surface area contributed by atoms with Gasteiger partial charge in [-0.1, -0.05) is 36.4 Å². The van der Waals surface area contributed by atoms with Crippen LogP contribution >= 0.6 is 0 Å². The van der Waals surface area contributed by atoms with Crippen molar-refractivity contribution in [3.8, 4) is 11.4 Å². The van der Waals surface area contributed by atoms with Crippen LogP contribution in [0.5, 0.6) is 5.75 Å².